The number of allylic oxidation sites excluding steroid dienone is 6. The zero-order valence-corrected chi connectivity index (χ0v) is 8.85. The zero-order chi connectivity index (χ0) is 11.0. The zero-order valence-electron chi connectivity index (χ0n) is 8.85. The summed E-state index contributed by atoms with van der Waals surface area (Å²) in [5, 5.41) is 9.54. The number of aliphatic hydroxyl groups excluding tert-OH is 1. The molecule has 0 saturated heterocycles. The van der Waals surface area contributed by atoms with E-state index in [2.05, 4.69) is 30.4 Å². The first-order valence-electron chi connectivity index (χ1n) is 5.41. The Morgan fingerprint density at radius 3 is 2.81 bits per heavy atom. The average molecular weight is 208 g/mol. The molecular formula is C15H12O. The molecule has 0 unspecified atom stereocenters. The smallest absolute Gasteiger partial charge is 0.0966 e. The molecule has 2 aliphatic rings. The van der Waals surface area contributed by atoms with E-state index in [0.717, 1.165) is 0 Å². The minimum Gasteiger partial charge on any atom is -0.512 e. The minimum absolute atomic E-state index is 0.433. The second kappa shape index (κ2) is 3.53. The van der Waals surface area contributed by atoms with Crippen LogP contribution in [0.4, 0.5) is 0 Å². The topological polar surface area (TPSA) is 20.2 Å². The van der Waals surface area contributed by atoms with Gasteiger partial charge >= 0.3 is 0 Å². The van der Waals surface area contributed by atoms with Gasteiger partial charge in [-0.05, 0) is 28.3 Å². The third-order valence-corrected chi connectivity index (χ3v) is 2.98. The first-order valence-corrected chi connectivity index (χ1v) is 5.41. The molecule has 0 radical (unpaired) electrons. The van der Waals surface area contributed by atoms with Gasteiger partial charge in [0, 0.05) is 6.42 Å². The van der Waals surface area contributed by atoms with Gasteiger partial charge in [0.25, 0.3) is 0 Å². The SMILES string of the molecule is OC1=CC=C2C(=CC=Cc3ccccc32)C1. The molecule has 1 aromatic carbocycles. The van der Waals surface area contributed by atoms with Gasteiger partial charge in [-0.1, -0.05) is 48.6 Å². The van der Waals surface area contributed by atoms with Crippen LogP contribution in [0.25, 0.3) is 11.6 Å². The molecular weight excluding hydrogens is 196 g/mol. The first-order chi connectivity index (χ1) is 7.84. The van der Waals surface area contributed by atoms with Gasteiger partial charge in [0.1, 0.15) is 0 Å². The van der Waals surface area contributed by atoms with Crippen molar-refractivity contribution in [3.8, 4) is 0 Å². The lowest BCUT2D eigenvalue weighted by Gasteiger charge is -2.16. The largest absolute Gasteiger partial charge is 0.512 e. The molecule has 0 spiro atoms. The second-order valence-corrected chi connectivity index (χ2v) is 4.05. The van der Waals surface area contributed by atoms with Crippen molar-refractivity contribution >= 4 is 11.6 Å². The predicted molar refractivity (Wildman–Crippen MR) is 66.9 cm³/mol. The van der Waals surface area contributed by atoms with Crippen molar-refractivity contribution in [2.24, 2.45) is 0 Å². The van der Waals surface area contributed by atoms with Crippen LogP contribution in [0, 0.1) is 0 Å². The highest BCUT2D eigenvalue weighted by Gasteiger charge is 2.16. The van der Waals surface area contributed by atoms with Crippen molar-refractivity contribution in [1.82, 2.24) is 0 Å². The summed E-state index contributed by atoms with van der Waals surface area (Å²) in [4.78, 5) is 0. The second-order valence-electron chi connectivity index (χ2n) is 4.05. The van der Waals surface area contributed by atoms with Crippen molar-refractivity contribution in [3.63, 3.8) is 0 Å². The lowest BCUT2D eigenvalue weighted by Crippen LogP contribution is -1.97. The first kappa shape index (κ1) is 9.22. The van der Waals surface area contributed by atoms with Crippen LogP contribution in [0.2, 0.25) is 0 Å². The fourth-order valence-corrected chi connectivity index (χ4v) is 2.20. The summed E-state index contributed by atoms with van der Waals surface area (Å²) < 4.78 is 0. The molecule has 1 aromatic rings. The summed E-state index contributed by atoms with van der Waals surface area (Å²) in [5.41, 5.74) is 4.88. The summed E-state index contributed by atoms with van der Waals surface area (Å²) in [7, 11) is 0. The number of benzene rings is 1. The van der Waals surface area contributed by atoms with E-state index < -0.39 is 0 Å². The Hall–Kier alpha value is -2.02. The van der Waals surface area contributed by atoms with Gasteiger partial charge in [-0.15, -0.1) is 0 Å². The highest BCUT2D eigenvalue weighted by molar-refractivity contribution is 5.88. The van der Waals surface area contributed by atoms with Gasteiger partial charge in [-0.25, -0.2) is 0 Å². The summed E-state index contributed by atoms with van der Waals surface area (Å²) in [6.45, 7) is 0. The van der Waals surface area contributed by atoms with E-state index in [-0.39, 0.29) is 0 Å². The Morgan fingerprint density at radius 2 is 1.88 bits per heavy atom. The molecule has 0 aliphatic heterocycles. The Labute approximate surface area is 94.7 Å². The number of aliphatic hydroxyl groups is 1. The van der Waals surface area contributed by atoms with Crippen molar-refractivity contribution < 1.29 is 5.11 Å². The number of hydrogen-bond acceptors (Lipinski definition) is 1. The van der Waals surface area contributed by atoms with Crippen molar-refractivity contribution in [3.05, 3.63) is 71.0 Å². The fourth-order valence-electron chi connectivity index (χ4n) is 2.20. The molecule has 1 nitrogen and oxygen atoms in total. The quantitative estimate of drug-likeness (QED) is 0.686. The summed E-state index contributed by atoms with van der Waals surface area (Å²) in [5.74, 6) is 0.433. The highest BCUT2D eigenvalue weighted by Crippen LogP contribution is 2.35. The molecule has 3 rings (SSSR count). The molecule has 78 valence electrons. The lowest BCUT2D eigenvalue weighted by molar-refractivity contribution is 0.398. The van der Waals surface area contributed by atoms with E-state index in [0.29, 0.717) is 12.2 Å². The maximum Gasteiger partial charge on any atom is 0.0966 e. The summed E-state index contributed by atoms with van der Waals surface area (Å²) in [6.07, 6.45) is 10.6. The molecule has 0 amide bonds. The van der Waals surface area contributed by atoms with Gasteiger partial charge in [0.05, 0.1) is 5.76 Å². The van der Waals surface area contributed by atoms with E-state index in [4.69, 9.17) is 0 Å². The molecule has 0 aromatic heterocycles. The molecule has 0 fully saturated rings. The van der Waals surface area contributed by atoms with E-state index >= 15 is 0 Å². The normalized spacial score (nSPS) is 17.6. The van der Waals surface area contributed by atoms with Crippen LogP contribution in [0.15, 0.2) is 59.9 Å². The van der Waals surface area contributed by atoms with Crippen LogP contribution >= 0.6 is 0 Å². The Kier molecular flexibility index (Phi) is 2.03. The van der Waals surface area contributed by atoms with Gasteiger partial charge < -0.3 is 5.11 Å². The molecule has 0 atom stereocenters. The van der Waals surface area contributed by atoms with Gasteiger partial charge in [-0.3, -0.25) is 0 Å². The Bertz CT molecular complexity index is 557. The Balaban J connectivity index is 2.23. The lowest BCUT2D eigenvalue weighted by atomic mass is 9.90. The van der Waals surface area contributed by atoms with Crippen LogP contribution in [-0.2, 0) is 0 Å². The van der Waals surface area contributed by atoms with Crippen molar-refractivity contribution in [2.75, 3.05) is 0 Å². The van der Waals surface area contributed by atoms with E-state index in [9.17, 15) is 5.11 Å². The van der Waals surface area contributed by atoms with Crippen molar-refractivity contribution in [2.45, 2.75) is 6.42 Å². The Morgan fingerprint density at radius 1 is 1.00 bits per heavy atom. The molecule has 0 heterocycles. The maximum absolute atomic E-state index is 9.54. The fraction of sp³-hybridized carbons (Fsp3) is 0.0667. The van der Waals surface area contributed by atoms with Crippen LogP contribution in [0.1, 0.15) is 17.5 Å². The minimum atomic E-state index is 0.433. The number of hydrogen-bond donors (Lipinski definition) is 1. The average Bonchev–Trinajstić information content (AvgIpc) is 2.47. The molecule has 0 saturated carbocycles. The van der Waals surface area contributed by atoms with Crippen LogP contribution in [0.5, 0.6) is 0 Å². The van der Waals surface area contributed by atoms with Crippen molar-refractivity contribution in [1.29, 1.82) is 0 Å². The summed E-state index contributed by atoms with van der Waals surface area (Å²) >= 11 is 0. The standard InChI is InChI=1S/C15H12O/c16-13-8-9-15-12(10-13)6-3-5-11-4-1-2-7-14(11)15/h1-9,16H,10H2. The predicted octanol–water partition coefficient (Wildman–Crippen LogP) is 3.87. The molecule has 2 aliphatic carbocycles. The van der Waals surface area contributed by atoms with E-state index in [1.165, 1.54) is 22.3 Å². The highest BCUT2D eigenvalue weighted by atomic mass is 16.3. The van der Waals surface area contributed by atoms with Gasteiger partial charge in [0.15, 0.2) is 0 Å². The number of fused-ring (bicyclic) bond motifs is 3. The van der Waals surface area contributed by atoms with E-state index in [1.54, 1.807) is 6.08 Å². The number of rotatable bonds is 0. The van der Waals surface area contributed by atoms with Crippen LogP contribution in [0.3, 0.4) is 0 Å². The molecule has 0 bridgehead atoms. The monoisotopic (exact) mass is 208 g/mol. The summed E-state index contributed by atoms with van der Waals surface area (Å²) in [6, 6.07) is 8.34. The van der Waals surface area contributed by atoms with Crippen LogP contribution < -0.4 is 0 Å². The van der Waals surface area contributed by atoms with Crippen LogP contribution in [-0.4, -0.2) is 5.11 Å². The third-order valence-electron chi connectivity index (χ3n) is 2.98. The molecule has 1 N–H and O–H groups in total. The third kappa shape index (κ3) is 1.41. The van der Waals surface area contributed by atoms with E-state index in [1.807, 2.05) is 18.2 Å². The maximum atomic E-state index is 9.54. The van der Waals surface area contributed by atoms with Gasteiger partial charge in [-0.2, -0.15) is 0 Å². The van der Waals surface area contributed by atoms with Gasteiger partial charge in [0.2, 0.25) is 0 Å². The molecule has 16 heavy (non-hydrogen) atoms. The molecule has 1 heteroatoms.